The van der Waals surface area contributed by atoms with E-state index in [0.717, 1.165) is 17.3 Å². The molecule has 0 spiro atoms. The van der Waals surface area contributed by atoms with Crippen LogP contribution in [-0.2, 0) is 16.0 Å². The molecule has 1 aromatic heterocycles. The molecule has 2 heterocycles. The lowest BCUT2D eigenvalue weighted by molar-refractivity contribution is -0.167. The number of anilines is 1. The van der Waals surface area contributed by atoms with Gasteiger partial charge in [0.15, 0.2) is 0 Å². The van der Waals surface area contributed by atoms with Crippen molar-refractivity contribution in [1.29, 1.82) is 0 Å². The minimum Gasteiger partial charge on any atom is -0.439 e. The highest BCUT2D eigenvalue weighted by Crippen LogP contribution is 2.30. The van der Waals surface area contributed by atoms with E-state index in [1.54, 1.807) is 52.7 Å². The Bertz CT molecular complexity index is 1200. The second-order valence-corrected chi connectivity index (χ2v) is 8.25. The van der Waals surface area contributed by atoms with E-state index in [4.69, 9.17) is 20.8 Å². The summed E-state index contributed by atoms with van der Waals surface area (Å²) in [7, 11) is 0. The van der Waals surface area contributed by atoms with Gasteiger partial charge in [0, 0.05) is 16.6 Å². The van der Waals surface area contributed by atoms with Crippen molar-refractivity contribution in [2.24, 2.45) is 0 Å². The van der Waals surface area contributed by atoms with Gasteiger partial charge in [0.25, 0.3) is 0 Å². The van der Waals surface area contributed by atoms with Crippen LogP contribution in [0.4, 0.5) is 23.8 Å². The van der Waals surface area contributed by atoms with Crippen molar-refractivity contribution in [3.05, 3.63) is 70.9 Å². The molecule has 0 aliphatic carbocycles. The van der Waals surface area contributed by atoms with Gasteiger partial charge in [-0.15, -0.1) is 0 Å². The van der Waals surface area contributed by atoms with E-state index in [-0.39, 0.29) is 11.9 Å². The molecule has 0 saturated carbocycles. The molecule has 1 N–H and O–H groups in total. The first-order valence-electron chi connectivity index (χ1n) is 10.3. The normalized spacial score (nSPS) is 16.9. The number of ether oxygens (including phenoxy) is 1. The molecule has 2 atom stereocenters. The summed E-state index contributed by atoms with van der Waals surface area (Å²) in [6.45, 7) is 2.32. The van der Waals surface area contributed by atoms with Crippen LogP contribution in [0.5, 0.6) is 0 Å². The second kappa shape index (κ2) is 9.38. The van der Waals surface area contributed by atoms with Crippen molar-refractivity contribution in [2.45, 2.75) is 31.7 Å². The lowest BCUT2D eigenvalue weighted by atomic mass is 10.0. The van der Waals surface area contributed by atoms with Crippen molar-refractivity contribution < 1.29 is 31.9 Å². The lowest BCUT2D eigenvalue weighted by Gasteiger charge is -2.22. The number of hydrogen-bond donors (Lipinski definition) is 1. The number of hydrogen-bond acceptors (Lipinski definition) is 5. The summed E-state index contributed by atoms with van der Waals surface area (Å²) in [6, 6.07) is 14.0. The van der Waals surface area contributed by atoms with Crippen LogP contribution in [0.1, 0.15) is 24.2 Å². The van der Waals surface area contributed by atoms with Crippen molar-refractivity contribution in [3.63, 3.8) is 0 Å². The summed E-state index contributed by atoms with van der Waals surface area (Å²) in [5, 5.41) is 2.18. The molecule has 1 unspecified atom stereocenters. The molecule has 1 aliphatic heterocycles. The molecule has 1 aliphatic rings. The molecule has 11 heteroatoms. The minimum absolute atomic E-state index is 0.0598. The van der Waals surface area contributed by atoms with Gasteiger partial charge in [0.1, 0.15) is 6.10 Å². The Morgan fingerprint density at radius 1 is 1.26 bits per heavy atom. The van der Waals surface area contributed by atoms with E-state index in [9.17, 15) is 22.8 Å². The fourth-order valence-electron chi connectivity index (χ4n) is 3.60. The number of nitrogens with one attached hydrogen (secondary N) is 1. The first-order chi connectivity index (χ1) is 16.1. The average Bonchev–Trinajstić information content (AvgIpc) is 3.40. The number of carbonyl (C=O) groups is 2. The topological polar surface area (TPSA) is 84.7 Å². The maximum Gasteiger partial charge on any atom is 0.471 e. The summed E-state index contributed by atoms with van der Waals surface area (Å²) < 4.78 is 47.8. The first-order valence-corrected chi connectivity index (χ1v) is 10.6. The third kappa shape index (κ3) is 5.33. The van der Waals surface area contributed by atoms with E-state index >= 15 is 0 Å². The van der Waals surface area contributed by atoms with Crippen molar-refractivity contribution in [2.75, 3.05) is 11.9 Å². The fourth-order valence-corrected chi connectivity index (χ4v) is 3.80. The van der Waals surface area contributed by atoms with Gasteiger partial charge < -0.3 is 14.1 Å². The number of benzene rings is 2. The summed E-state index contributed by atoms with van der Waals surface area (Å²) in [4.78, 5) is 29.0. The standard InChI is InChI=1S/C23H19ClF3N3O4/c1-13(30-12-18(33-22(30)32)16-3-2-4-17(24)10-16)9-14-5-7-15(8-6-14)20-28-11-19(34-20)29-21(31)23(25,26)27/h2-8,10-11,13,18H,9,12H2,1H3,(H,29,31)/t13-,18?/m1/s1. The molecule has 34 heavy (non-hydrogen) atoms. The Balaban J connectivity index is 1.37. The second-order valence-electron chi connectivity index (χ2n) is 7.81. The zero-order valence-electron chi connectivity index (χ0n) is 17.8. The predicted octanol–water partition coefficient (Wildman–Crippen LogP) is 5.62. The maximum absolute atomic E-state index is 12.4. The summed E-state index contributed by atoms with van der Waals surface area (Å²) in [5.41, 5.74) is 2.27. The Morgan fingerprint density at radius 3 is 2.68 bits per heavy atom. The number of oxazole rings is 1. The van der Waals surface area contributed by atoms with Crippen molar-refractivity contribution in [3.8, 4) is 11.5 Å². The SMILES string of the molecule is C[C@H](Cc1ccc(-c2ncc(NC(=O)C(F)(F)F)o2)cc1)N1CC(c2cccc(Cl)c2)OC1=O. The molecule has 0 bridgehead atoms. The number of carbonyl (C=O) groups excluding carboxylic acids is 2. The minimum atomic E-state index is -5.03. The molecule has 1 fully saturated rings. The molecular weight excluding hydrogens is 475 g/mol. The highest BCUT2D eigenvalue weighted by molar-refractivity contribution is 6.30. The van der Waals surface area contributed by atoms with E-state index in [0.29, 0.717) is 23.6 Å². The van der Waals surface area contributed by atoms with Crippen LogP contribution in [0, 0.1) is 0 Å². The fraction of sp³-hybridized carbons (Fsp3) is 0.261. The molecule has 3 aromatic rings. The van der Waals surface area contributed by atoms with Crippen LogP contribution in [-0.4, -0.2) is 40.6 Å². The quantitative estimate of drug-likeness (QED) is 0.482. The van der Waals surface area contributed by atoms with Gasteiger partial charge in [-0.1, -0.05) is 35.9 Å². The number of amides is 2. The van der Waals surface area contributed by atoms with Crippen LogP contribution >= 0.6 is 11.6 Å². The number of nitrogens with zero attached hydrogens (tertiary/aromatic N) is 2. The third-order valence-corrected chi connectivity index (χ3v) is 5.56. The highest BCUT2D eigenvalue weighted by Gasteiger charge is 2.39. The van der Waals surface area contributed by atoms with Gasteiger partial charge in [0.2, 0.25) is 11.8 Å². The molecular formula is C23H19ClF3N3O4. The lowest BCUT2D eigenvalue weighted by Crippen LogP contribution is -2.35. The average molecular weight is 494 g/mol. The van der Waals surface area contributed by atoms with Gasteiger partial charge in [-0.2, -0.15) is 13.2 Å². The van der Waals surface area contributed by atoms with Gasteiger partial charge >= 0.3 is 18.2 Å². The van der Waals surface area contributed by atoms with E-state index in [1.165, 1.54) is 0 Å². The van der Waals surface area contributed by atoms with Crippen LogP contribution in [0.3, 0.4) is 0 Å². The van der Waals surface area contributed by atoms with E-state index in [1.807, 2.05) is 13.0 Å². The molecule has 2 aromatic carbocycles. The summed E-state index contributed by atoms with van der Waals surface area (Å²) in [5.74, 6) is -2.49. The number of aromatic nitrogens is 1. The van der Waals surface area contributed by atoms with Gasteiger partial charge in [0.05, 0.1) is 12.7 Å². The monoisotopic (exact) mass is 493 g/mol. The molecule has 1 saturated heterocycles. The van der Waals surface area contributed by atoms with Crippen LogP contribution in [0.2, 0.25) is 5.02 Å². The van der Waals surface area contributed by atoms with E-state index in [2.05, 4.69) is 4.98 Å². The number of rotatable bonds is 6. The van der Waals surface area contributed by atoms with Gasteiger partial charge in [-0.3, -0.25) is 10.1 Å². The zero-order chi connectivity index (χ0) is 24.5. The number of alkyl halides is 3. The smallest absolute Gasteiger partial charge is 0.439 e. The Hall–Kier alpha value is -3.53. The molecule has 4 rings (SSSR count). The highest BCUT2D eigenvalue weighted by atomic mass is 35.5. The third-order valence-electron chi connectivity index (χ3n) is 5.32. The molecule has 0 radical (unpaired) electrons. The van der Waals surface area contributed by atoms with Gasteiger partial charge in [-0.25, -0.2) is 9.78 Å². The zero-order valence-corrected chi connectivity index (χ0v) is 18.6. The van der Waals surface area contributed by atoms with Crippen molar-refractivity contribution >= 4 is 29.5 Å². The first kappa shape index (κ1) is 23.6. The Labute approximate surface area is 197 Å². The van der Waals surface area contributed by atoms with Crippen LogP contribution < -0.4 is 5.32 Å². The number of cyclic esters (lactones) is 1. The summed E-state index contributed by atoms with van der Waals surface area (Å²) >= 11 is 6.04. The van der Waals surface area contributed by atoms with Gasteiger partial charge in [-0.05, 0) is 48.7 Å². The molecule has 7 nitrogen and oxygen atoms in total. The molecule has 2 amide bonds. The Morgan fingerprint density at radius 2 is 2.00 bits per heavy atom. The van der Waals surface area contributed by atoms with Crippen molar-refractivity contribution in [1.82, 2.24) is 9.88 Å². The summed E-state index contributed by atoms with van der Waals surface area (Å²) in [6.07, 6.45) is -4.27. The maximum atomic E-state index is 12.4. The van der Waals surface area contributed by atoms with E-state index < -0.39 is 30.2 Å². The van der Waals surface area contributed by atoms with Crippen LogP contribution in [0.15, 0.2) is 59.1 Å². The largest absolute Gasteiger partial charge is 0.471 e. The number of halogens is 4. The Kier molecular flexibility index (Phi) is 6.52. The molecule has 178 valence electrons. The predicted molar refractivity (Wildman–Crippen MR) is 117 cm³/mol. The van der Waals surface area contributed by atoms with Crippen LogP contribution in [0.25, 0.3) is 11.5 Å².